The fourth-order valence-corrected chi connectivity index (χ4v) is 3.86. The molecule has 1 heterocycles. The number of nitrogens with one attached hydrogen (secondary N) is 1. The third kappa shape index (κ3) is 5.58. The van der Waals surface area contributed by atoms with Gasteiger partial charge in [-0.25, -0.2) is 0 Å². The molecule has 2 aromatic carbocycles. The largest absolute Gasteiger partial charge is 0.497 e. The van der Waals surface area contributed by atoms with Crippen molar-refractivity contribution in [2.45, 2.75) is 11.7 Å². The molecule has 0 fully saturated rings. The maximum atomic E-state index is 12.4. The number of carbonyl (C=O) groups excluding carboxylic acids is 1. The summed E-state index contributed by atoms with van der Waals surface area (Å²) in [7, 11) is 6.25. The molecule has 0 radical (unpaired) electrons. The van der Waals surface area contributed by atoms with Gasteiger partial charge >= 0.3 is 0 Å². The molecule has 1 aromatic heterocycles. The molecule has 0 bridgehead atoms. The average Bonchev–Trinajstić information content (AvgIpc) is 3.24. The molecule has 1 amide bonds. The highest BCUT2D eigenvalue weighted by molar-refractivity contribution is 7.99. The van der Waals surface area contributed by atoms with Gasteiger partial charge < -0.3 is 24.3 Å². The molecule has 1 N–H and O–H groups in total. The molecule has 9 nitrogen and oxygen atoms in total. The lowest BCUT2D eigenvalue weighted by atomic mass is 10.1. The van der Waals surface area contributed by atoms with Crippen LogP contribution >= 0.6 is 11.8 Å². The van der Waals surface area contributed by atoms with Crippen LogP contribution in [0.4, 0.5) is 5.69 Å². The Kier molecular flexibility index (Phi) is 8.20. The second-order valence-electron chi connectivity index (χ2n) is 6.68. The van der Waals surface area contributed by atoms with Gasteiger partial charge in [-0.1, -0.05) is 17.8 Å². The highest BCUT2D eigenvalue weighted by Crippen LogP contribution is 2.41. The lowest BCUT2D eigenvalue weighted by molar-refractivity contribution is -0.113. The van der Waals surface area contributed by atoms with Crippen LogP contribution in [0, 0.1) is 0 Å². The molecule has 0 spiro atoms. The monoisotopic (exact) mass is 470 g/mol. The van der Waals surface area contributed by atoms with Gasteiger partial charge in [-0.2, -0.15) is 0 Å². The highest BCUT2D eigenvalue weighted by Gasteiger charge is 2.20. The van der Waals surface area contributed by atoms with E-state index in [1.165, 1.54) is 11.8 Å². The Bertz CT molecular complexity index is 1090. The van der Waals surface area contributed by atoms with Gasteiger partial charge in [0.2, 0.25) is 11.7 Å². The van der Waals surface area contributed by atoms with E-state index >= 15 is 0 Å². The van der Waals surface area contributed by atoms with Crippen molar-refractivity contribution >= 4 is 23.4 Å². The Morgan fingerprint density at radius 1 is 1.03 bits per heavy atom. The lowest BCUT2D eigenvalue weighted by Gasteiger charge is -2.14. The van der Waals surface area contributed by atoms with E-state index in [0.717, 1.165) is 11.3 Å². The minimum Gasteiger partial charge on any atom is -0.497 e. The molecular weight excluding hydrogens is 444 g/mol. The topological polar surface area (TPSA) is 96.7 Å². The number of aromatic nitrogens is 3. The van der Waals surface area contributed by atoms with E-state index in [0.29, 0.717) is 40.5 Å². The van der Waals surface area contributed by atoms with Crippen LogP contribution in [0.5, 0.6) is 23.0 Å². The van der Waals surface area contributed by atoms with E-state index < -0.39 is 0 Å². The minimum atomic E-state index is -0.160. The van der Waals surface area contributed by atoms with Gasteiger partial charge in [-0.15, -0.1) is 16.8 Å². The number of allylic oxidation sites excluding steroid dienone is 1. The number of thioether (sulfide) groups is 1. The third-order valence-electron chi connectivity index (χ3n) is 4.66. The van der Waals surface area contributed by atoms with E-state index in [4.69, 9.17) is 18.9 Å². The van der Waals surface area contributed by atoms with Crippen LogP contribution in [0.15, 0.2) is 54.2 Å². The maximum absolute atomic E-state index is 12.4. The predicted molar refractivity (Wildman–Crippen MR) is 128 cm³/mol. The Morgan fingerprint density at radius 3 is 2.24 bits per heavy atom. The summed E-state index contributed by atoms with van der Waals surface area (Å²) in [5.41, 5.74) is 1.42. The molecule has 0 unspecified atom stereocenters. The molecule has 0 aliphatic rings. The quantitative estimate of drug-likeness (QED) is 0.333. The number of anilines is 1. The van der Waals surface area contributed by atoms with Crippen molar-refractivity contribution < 1.29 is 23.7 Å². The van der Waals surface area contributed by atoms with Crippen molar-refractivity contribution in [3.8, 4) is 34.4 Å². The fraction of sp³-hybridized carbons (Fsp3) is 0.261. The zero-order valence-corrected chi connectivity index (χ0v) is 19.8. The number of amides is 1. The Morgan fingerprint density at radius 2 is 1.70 bits per heavy atom. The van der Waals surface area contributed by atoms with Crippen molar-refractivity contribution in [3.63, 3.8) is 0 Å². The molecule has 0 aliphatic heterocycles. The highest BCUT2D eigenvalue weighted by atomic mass is 32.2. The number of benzene rings is 2. The number of nitrogens with zero attached hydrogens (tertiary/aromatic N) is 3. The van der Waals surface area contributed by atoms with Crippen molar-refractivity contribution in [3.05, 3.63) is 49.1 Å². The second kappa shape index (κ2) is 11.3. The smallest absolute Gasteiger partial charge is 0.234 e. The first-order valence-corrected chi connectivity index (χ1v) is 10.9. The number of hydrogen-bond acceptors (Lipinski definition) is 8. The van der Waals surface area contributed by atoms with E-state index in [1.54, 1.807) is 70.9 Å². The Labute approximate surface area is 196 Å². The first kappa shape index (κ1) is 24.0. The number of hydrogen-bond donors (Lipinski definition) is 1. The molecule has 174 valence electrons. The van der Waals surface area contributed by atoms with Crippen LogP contribution in [-0.4, -0.2) is 54.9 Å². The molecule has 0 atom stereocenters. The van der Waals surface area contributed by atoms with Crippen molar-refractivity contribution in [2.24, 2.45) is 0 Å². The molecule has 0 saturated heterocycles. The minimum absolute atomic E-state index is 0.160. The summed E-state index contributed by atoms with van der Waals surface area (Å²) in [6.45, 7) is 4.29. The van der Waals surface area contributed by atoms with Crippen LogP contribution in [0.1, 0.15) is 0 Å². The maximum Gasteiger partial charge on any atom is 0.234 e. The molecular formula is C23H26N4O5S. The number of carbonyl (C=O) groups is 1. The molecule has 0 saturated carbocycles. The van der Waals surface area contributed by atoms with Gasteiger partial charge in [0.15, 0.2) is 22.5 Å². The summed E-state index contributed by atoms with van der Waals surface area (Å²) in [6, 6.07) is 10.7. The third-order valence-corrected chi connectivity index (χ3v) is 5.62. The van der Waals surface area contributed by atoms with Crippen molar-refractivity contribution in [1.29, 1.82) is 0 Å². The Balaban J connectivity index is 1.80. The van der Waals surface area contributed by atoms with Gasteiger partial charge in [0, 0.05) is 17.8 Å². The van der Waals surface area contributed by atoms with Gasteiger partial charge in [0.05, 0.1) is 34.2 Å². The van der Waals surface area contributed by atoms with Gasteiger partial charge in [0.1, 0.15) is 5.75 Å². The van der Waals surface area contributed by atoms with Crippen molar-refractivity contribution in [1.82, 2.24) is 14.8 Å². The number of rotatable bonds is 11. The number of methoxy groups -OCH3 is 4. The average molecular weight is 471 g/mol. The SMILES string of the molecule is C=CCn1c(SCC(=O)Nc2ccc(OC)cc2)nnc1-c1cc(OC)c(OC)c(OC)c1. The second-order valence-corrected chi connectivity index (χ2v) is 7.63. The van der Waals surface area contributed by atoms with E-state index in [-0.39, 0.29) is 11.7 Å². The van der Waals surface area contributed by atoms with Crippen LogP contribution in [0.2, 0.25) is 0 Å². The van der Waals surface area contributed by atoms with Crippen LogP contribution in [0.3, 0.4) is 0 Å². The van der Waals surface area contributed by atoms with E-state index in [9.17, 15) is 4.79 Å². The molecule has 3 rings (SSSR count). The van der Waals surface area contributed by atoms with Crippen LogP contribution in [0.25, 0.3) is 11.4 Å². The molecule has 33 heavy (non-hydrogen) atoms. The predicted octanol–water partition coefficient (Wildman–Crippen LogP) is 3.90. The zero-order chi connectivity index (χ0) is 23.8. The van der Waals surface area contributed by atoms with Crippen LogP contribution in [-0.2, 0) is 11.3 Å². The summed E-state index contributed by atoms with van der Waals surface area (Å²) < 4.78 is 23.3. The first-order chi connectivity index (χ1) is 16.0. The van der Waals surface area contributed by atoms with Crippen molar-refractivity contribution in [2.75, 3.05) is 39.5 Å². The summed E-state index contributed by atoms with van der Waals surface area (Å²) in [4.78, 5) is 12.4. The van der Waals surface area contributed by atoms with E-state index in [1.807, 2.05) is 4.57 Å². The summed E-state index contributed by atoms with van der Waals surface area (Å²) in [6.07, 6.45) is 1.74. The Hall–Kier alpha value is -3.66. The first-order valence-electron chi connectivity index (χ1n) is 9.95. The zero-order valence-electron chi connectivity index (χ0n) is 19.0. The van der Waals surface area contributed by atoms with E-state index in [2.05, 4.69) is 22.1 Å². The summed E-state index contributed by atoms with van der Waals surface area (Å²) in [5.74, 6) is 2.82. The summed E-state index contributed by atoms with van der Waals surface area (Å²) >= 11 is 1.28. The van der Waals surface area contributed by atoms with Gasteiger partial charge in [-0.3, -0.25) is 9.36 Å². The normalized spacial score (nSPS) is 10.4. The number of ether oxygens (including phenoxy) is 4. The summed E-state index contributed by atoms with van der Waals surface area (Å²) in [5, 5.41) is 12.1. The lowest BCUT2D eigenvalue weighted by Crippen LogP contribution is -2.14. The van der Waals surface area contributed by atoms with Gasteiger partial charge in [0.25, 0.3) is 0 Å². The van der Waals surface area contributed by atoms with Gasteiger partial charge in [-0.05, 0) is 36.4 Å². The van der Waals surface area contributed by atoms with Crippen LogP contribution < -0.4 is 24.3 Å². The molecule has 10 heteroatoms. The molecule has 3 aromatic rings. The standard InChI is InChI=1S/C23H26N4O5S/c1-6-11-27-22(15-12-18(30-3)21(32-5)19(13-15)31-4)25-26-23(27)33-14-20(28)24-16-7-9-17(29-2)10-8-16/h6-10,12-13H,1,11,14H2,2-5H3,(H,24,28). The fourth-order valence-electron chi connectivity index (χ4n) is 3.11. The molecule has 0 aliphatic carbocycles.